The van der Waals surface area contributed by atoms with Crippen molar-refractivity contribution in [2.24, 2.45) is 23.7 Å². The van der Waals surface area contributed by atoms with E-state index in [4.69, 9.17) is 27.2 Å². The van der Waals surface area contributed by atoms with Gasteiger partial charge in [-0.05, 0) is 238 Å². The Morgan fingerprint density at radius 1 is 0.550 bits per heavy atom. The number of aliphatic carboxylic acids is 1. The normalized spacial score (nSPS) is 20.9. The Morgan fingerprint density at radius 3 is 1.31 bits per heavy atom. The Morgan fingerprint density at radius 2 is 0.937 bits per heavy atom. The van der Waals surface area contributed by atoms with Gasteiger partial charge in [0.1, 0.15) is 29.4 Å². The van der Waals surface area contributed by atoms with Crippen LogP contribution in [0.2, 0.25) is 72.5 Å². The third-order valence-corrected chi connectivity index (χ3v) is 47.2. The van der Waals surface area contributed by atoms with E-state index in [2.05, 4.69) is 206 Å². The quantitative estimate of drug-likeness (QED) is 0.00844. The summed E-state index contributed by atoms with van der Waals surface area (Å²) in [5, 5.41) is 26.1. The number of benzene rings is 5. The molecule has 3 fully saturated rings. The first kappa shape index (κ1) is 103. The van der Waals surface area contributed by atoms with Crippen molar-refractivity contribution in [2.45, 2.75) is 323 Å². The summed E-state index contributed by atoms with van der Waals surface area (Å²) in [5.41, 5.74) is 1.32. The van der Waals surface area contributed by atoms with Crippen molar-refractivity contribution in [3.63, 3.8) is 0 Å². The van der Waals surface area contributed by atoms with Crippen LogP contribution in [0.5, 0.6) is 0 Å². The molecular formula is C90H141BrF4KO10PSi4. The molecule has 0 amide bonds. The molecule has 1 aliphatic heterocycles. The molecule has 0 radical (unpaired) electrons. The number of unbranched alkanes of at least 4 members (excludes halogenated alkanes) is 1. The van der Waals surface area contributed by atoms with Crippen LogP contribution in [0.15, 0.2) is 140 Å². The first-order valence-electron chi connectivity index (χ1n) is 39.6. The molecule has 2 saturated carbocycles. The predicted octanol–water partition coefficient (Wildman–Crippen LogP) is 19.9. The van der Waals surface area contributed by atoms with Gasteiger partial charge in [-0.3, -0.25) is 4.79 Å². The summed E-state index contributed by atoms with van der Waals surface area (Å²) in [6.07, 6.45) is 15.3. The Labute approximate surface area is 724 Å². The van der Waals surface area contributed by atoms with Crippen molar-refractivity contribution in [3.05, 3.63) is 174 Å². The van der Waals surface area contributed by atoms with E-state index in [1.807, 2.05) is 54.6 Å². The minimum Gasteiger partial charge on any atom is -0.550 e. The topological polar surface area (TPSA) is 133 Å². The van der Waals surface area contributed by atoms with Crippen molar-refractivity contribution in [1.82, 2.24) is 0 Å². The van der Waals surface area contributed by atoms with Gasteiger partial charge in [0.2, 0.25) is 0 Å². The number of carbonyl (C=O) groups is 2. The number of aryl methyl sites for hydroxylation is 2. The number of hydrogen-bond donors (Lipinski definition) is 1. The SMILES string of the molecule is C.C.CC(=O)O[C@H]1C[C@@H](O[Si](C)(C)C(C)(C)C)[C@H](CC[C@H](CCc2cc(F)cc(F)c2)O[Si](C)(C)C(C)(C)C)[C@H]1C/C=C\CCCBr.CC(C)(C)[Si](C)(C)OC(CCc1cc(F)cc(F)c1)CC[C@H]1[C@H](O[Si](C)(C)C(C)(C)C)CC2OC(O)C[C@@H]21.O=C([O-])CCC=P(c1ccccc1)(c1ccccc1)c1ccccc1.[K+]. The van der Waals surface area contributed by atoms with Crippen LogP contribution in [0.25, 0.3) is 0 Å². The number of alkyl halides is 1. The second-order valence-electron chi connectivity index (χ2n) is 36.6. The molecule has 11 atom stereocenters. The fourth-order valence-electron chi connectivity index (χ4n) is 14.4. The molecule has 0 bridgehead atoms. The fraction of sp³-hybridized carbons (Fsp3) is 0.611. The van der Waals surface area contributed by atoms with Crippen molar-refractivity contribution in [2.75, 3.05) is 5.33 Å². The van der Waals surface area contributed by atoms with Gasteiger partial charge in [-0.15, -0.1) is 0 Å². The number of hydrogen-bond acceptors (Lipinski definition) is 10. The molecule has 2 aliphatic carbocycles. The maximum atomic E-state index is 14.0. The molecule has 10 nitrogen and oxygen atoms in total. The van der Waals surface area contributed by atoms with Crippen molar-refractivity contribution >= 4 is 89.7 Å². The van der Waals surface area contributed by atoms with Crippen LogP contribution in [-0.2, 0) is 49.6 Å². The first-order valence-corrected chi connectivity index (χ1v) is 54.2. The number of aliphatic hydroxyl groups excluding tert-OH is 1. The Kier molecular flexibility index (Phi) is 41.7. The predicted molar refractivity (Wildman–Crippen MR) is 466 cm³/mol. The number of esters is 1. The molecule has 5 aromatic carbocycles. The number of fused-ring (bicyclic) bond motifs is 1. The number of aliphatic hydroxyl groups is 1. The van der Waals surface area contributed by atoms with Gasteiger partial charge >= 0.3 is 57.4 Å². The molecule has 3 aliphatic rings. The summed E-state index contributed by atoms with van der Waals surface area (Å²) in [4.78, 5) is 23.2. The van der Waals surface area contributed by atoms with E-state index in [1.54, 1.807) is 0 Å². The average molecular weight is 1720 g/mol. The second kappa shape index (κ2) is 45.1. The van der Waals surface area contributed by atoms with Gasteiger partial charge in [0, 0.05) is 61.3 Å². The summed E-state index contributed by atoms with van der Waals surface area (Å²) in [5.74, 6) is -0.300. The molecule has 1 N–H and O–H groups in total. The van der Waals surface area contributed by atoms with Crippen molar-refractivity contribution in [3.8, 4) is 0 Å². The fourth-order valence-corrected chi connectivity index (χ4v) is 24.3. The zero-order chi connectivity index (χ0) is 80.4. The third kappa shape index (κ3) is 30.7. The van der Waals surface area contributed by atoms with Gasteiger partial charge < -0.3 is 42.2 Å². The number of ether oxygens (including phenoxy) is 2. The van der Waals surface area contributed by atoms with Gasteiger partial charge in [-0.2, -0.15) is 0 Å². The van der Waals surface area contributed by atoms with Gasteiger partial charge in [0.15, 0.2) is 39.6 Å². The number of allylic oxidation sites excluding steroid dienone is 2. The van der Waals surface area contributed by atoms with Crippen molar-refractivity contribution in [1.29, 1.82) is 0 Å². The summed E-state index contributed by atoms with van der Waals surface area (Å²) in [6.45, 7) is 44.7. The van der Waals surface area contributed by atoms with E-state index in [-0.39, 0.29) is 153 Å². The minimum atomic E-state index is -2.13. The number of carbonyl (C=O) groups excluding carboxylic acids is 2. The van der Waals surface area contributed by atoms with Gasteiger partial charge in [-0.25, -0.2) is 17.6 Å². The first-order chi connectivity index (χ1) is 50.2. The summed E-state index contributed by atoms with van der Waals surface area (Å²) in [7, 11) is -8.28. The summed E-state index contributed by atoms with van der Waals surface area (Å²) < 4.78 is 95.6. The number of carboxylic acids is 1. The molecule has 21 heteroatoms. The molecule has 618 valence electrons. The van der Waals surface area contributed by atoms with Crippen LogP contribution in [0, 0.1) is 46.9 Å². The number of halogens is 5. The summed E-state index contributed by atoms with van der Waals surface area (Å²) in [6, 6.07) is 38.7. The average Bonchev–Trinajstić information content (AvgIpc) is 1.41. The second-order valence-corrected chi connectivity index (χ2v) is 59.8. The van der Waals surface area contributed by atoms with E-state index >= 15 is 0 Å². The van der Waals surface area contributed by atoms with Crippen LogP contribution in [0.3, 0.4) is 0 Å². The maximum Gasteiger partial charge on any atom is 1.00 e. The van der Waals surface area contributed by atoms with Crippen LogP contribution >= 0.6 is 22.8 Å². The molecule has 0 spiro atoms. The monoisotopic (exact) mass is 1720 g/mol. The molecule has 1 saturated heterocycles. The van der Waals surface area contributed by atoms with Gasteiger partial charge in [-0.1, -0.05) is 223 Å². The molecule has 111 heavy (non-hydrogen) atoms. The van der Waals surface area contributed by atoms with Crippen LogP contribution in [0.4, 0.5) is 17.6 Å². The van der Waals surface area contributed by atoms with E-state index < -0.39 is 75.7 Å². The molecule has 0 aromatic heterocycles. The standard InChI is InChI=1S/C36H61BrF2O4Si2.C30H52F2O4Si2.C22H21O2P.2CH4.K/c1-26(40)41-33-25-34(43-45(10,11)36(5,6)7)32(31(33)16-14-12-13-15-21-37)20-19-30(42-44(8,9)35(2,3)4)18-17-27-22-28(38)24-29(39)23-27;1-29(2,3)37(7,8)35-23(12-11-20-15-21(31)17-22(32)16-20)13-14-24-25-18-28(33)34-26(25)19-27(24)36-38(9,10)30(4,5)6;23-22(24)17-10-18-25(19-11-4-1-5-12-19,20-13-6-2-7-14-20)21-15-8-3-9-16-21;;;/h12,14,22-24,30-34H,13,15-21,25H2,1-11H3;15-17,23-28,33H,11-14,18-19H2,1-10H3;1-9,11-16,18H,10,17H2,(H,23,24);2*1H4;/q;;;;;+1/p-1/b14-12-;;;;;/t30-,31+,32+,33-,34+;23?,24-,25-,26?,27-,28?;;;;/m01..../s1. The number of rotatable bonds is 32. The van der Waals surface area contributed by atoms with Crippen LogP contribution < -0.4 is 72.4 Å². The van der Waals surface area contributed by atoms with Gasteiger partial charge in [0.05, 0.1) is 18.3 Å². The van der Waals surface area contributed by atoms with E-state index in [0.717, 1.165) is 68.8 Å². The molecular weight excluding hydrogens is 1580 g/mol. The Balaban J connectivity index is 0.000000440. The zero-order valence-electron chi connectivity index (χ0n) is 70.2. The molecule has 5 aromatic rings. The maximum absolute atomic E-state index is 14.0. The third-order valence-electron chi connectivity index (χ3n) is 24.4. The smallest absolute Gasteiger partial charge is 0.550 e. The minimum absolute atomic E-state index is 0. The molecule has 1 heterocycles. The van der Waals surface area contributed by atoms with Crippen molar-refractivity contribution < 1.29 is 116 Å². The Hall–Kier alpha value is -2.46. The van der Waals surface area contributed by atoms with Crippen LogP contribution in [-0.4, -0.2) is 104 Å². The molecule has 8 rings (SSSR count). The van der Waals surface area contributed by atoms with E-state index in [0.29, 0.717) is 62.0 Å². The van der Waals surface area contributed by atoms with Gasteiger partial charge in [0.25, 0.3) is 0 Å². The Bertz CT molecular complexity index is 3550. The van der Waals surface area contributed by atoms with Crippen LogP contribution in [0.1, 0.15) is 206 Å². The summed E-state index contributed by atoms with van der Waals surface area (Å²) >= 11 is 3.52. The van der Waals surface area contributed by atoms with E-state index in [9.17, 15) is 37.4 Å². The zero-order valence-corrected chi connectivity index (χ0v) is 79.8. The molecule has 3 unspecified atom stereocenters. The largest absolute Gasteiger partial charge is 1.00 e. The van der Waals surface area contributed by atoms with E-state index in [1.165, 1.54) is 47.1 Å². The number of carboxylic acid groups (broad SMARTS) is 1.